The molecule has 2 N–H and O–H groups in total. The van der Waals surface area contributed by atoms with E-state index >= 15 is 0 Å². The van der Waals surface area contributed by atoms with Crippen LogP contribution in [0.2, 0.25) is 0 Å². The molecule has 2 aromatic carbocycles. The summed E-state index contributed by atoms with van der Waals surface area (Å²) in [6, 6.07) is 5.77. The molecule has 0 amide bonds. The number of anilines is 1. The van der Waals surface area contributed by atoms with E-state index in [1.54, 1.807) is 13.0 Å². The summed E-state index contributed by atoms with van der Waals surface area (Å²) >= 11 is 0. The average molecular weight is 255 g/mol. The molecule has 0 aliphatic rings. The van der Waals surface area contributed by atoms with Gasteiger partial charge in [0.05, 0.1) is 7.11 Å². The molecule has 0 atom stereocenters. The maximum absolute atomic E-state index is 13.1. The lowest BCUT2D eigenvalue weighted by molar-refractivity contribution is -0.137. The number of halogens is 3. The van der Waals surface area contributed by atoms with E-state index in [-0.39, 0.29) is 11.1 Å². The van der Waals surface area contributed by atoms with Gasteiger partial charge in [0.15, 0.2) is 0 Å². The summed E-state index contributed by atoms with van der Waals surface area (Å²) in [5.74, 6) is -0.181. The van der Waals surface area contributed by atoms with Crippen molar-refractivity contribution < 1.29 is 17.9 Å². The molecule has 0 saturated heterocycles. The first-order valence-electron chi connectivity index (χ1n) is 5.29. The molecule has 0 aliphatic carbocycles. The van der Waals surface area contributed by atoms with Crippen molar-refractivity contribution in [3.8, 4) is 5.75 Å². The highest BCUT2D eigenvalue weighted by Gasteiger charge is 2.36. The Morgan fingerprint density at radius 1 is 1.06 bits per heavy atom. The van der Waals surface area contributed by atoms with Gasteiger partial charge in [-0.05, 0) is 35.4 Å². The van der Waals surface area contributed by atoms with Gasteiger partial charge in [0.2, 0.25) is 0 Å². The van der Waals surface area contributed by atoms with Gasteiger partial charge in [-0.2, -0.15) is 13.2 Å². The van der Waals surface area contributed by atoms with Crippen LogP contribution in [-0.2, 0) is 6.18 Å². The summed E-state index contributed by atoms with van der Waals surface area (Å²) < 4.78 is 44.1. The van der Waals surface area contributed by atoms with Crippen LogP contribution in [-0.4, -0.2) is 7.11 Å². The van der Waals surface area contributed by atoms with Crippen molar-refractivity contribution in [2.75, 3.05) is 12.8 Å². The quantitative estimate of drug-likeness (QED) is 0.787. The SMILES string of the molecule is COc1ccc2c(C)c(N)ccc2c1C(F)(F)F. The lowest BCUT2D eigenvalue weighted by atomic mass is 9.98. The summed E-state index contributed by atoms with van der Waals surface area (Å²) in [6.07, 6.45) is -4.46. The first-order valence-corrected chi connectivity index (χ1v) is 5.29. The Morgan fingerprint density at radius 2 is 1.67 bits per heavy atom. The number of ether oxygens (including phenoxy) is 1. The summed E-state index contributed by atoms with van der Waals surface area (Å²) in [5, 5.41) is 0.594. The zero-order chi connectivity index (χ0) is 13.5. The number of fused-ring (bicyclic) bond motifs is 1. The first kappa shape index (κ1) is 12.5. The molecule has 0 unspecified atom stereocenters. The van der Waals surface area contributed by atoms with Gasteiger partial charge in [0, 0.05) is 5.69 Å². The van der Waals surface area contributed by atoms with Gasteiger partial charge < -0.3 is 10.5 Å². The molecule has 0 aliphatic heterocycles. The smallest absolute Gasteiger partial charge is 0.420 e. The first-order chi connectivity index (χ1) is 8.36. The highest BCUT2D eigenvalue weighted by atomic mass is 19.4. The van der Waals surface area contributed by atoms with E-state index in [9.17, 15) is 13.2 Å². The molecular weight excluding hydrogens is 243 g/mol. The third-order valence-electron chi connectivity index (χ3n) is 2.98. The van der Waals surface area contributed by atoms with Crippen molar-refractivity contribution in [2.24, 2.45) is 0 Å². The fourth-order valence-corrected chi connectivity index (χ4v) is 2.02. The molecule has 0 radical (unpaired) electrons. The van der Waals surface area contributed by atoms with Crippen LogP contribution in [0.5, 0.6) is 5.75 Å². The number of benzene rings is 2. The molecule has 96 valence electrons. The number of aryl methyl sites for hydroxylation is 1. The predicted octanol–water partition coefficient (Wildman–Crippen LogP) is 3.76. The average Bonchev–Trinajstić information content (AvgIpc) is 2.31. The number of rotatable bonds is 1. The van der Waals surface area contributed by atoms with Gasteiger partial charge >= 0.3 is 6.18 Å². The Kier molecular flexibility index (Phi) is 2.84. The van der Waals surface area contributed by atoms with E-state index in [4.69, 9.17) is 10.5 Å². The molecule has 0 saturated carbocycles. The van der Waals surface area contributed by atoms with E-state index in [2.05, 4.69) is 0 Å². The fourth-order valence-electron chi connectivity index (χ4n) is 2.02. The third-order valence-corrected chi connectivity index (χ3v) is 2.98. The topological polar surface area (TPSA) is 35.2 Å². The monoisotopic (exact) mass is 255 g/mol. The molecule has 0 bridgehead atoms. The molecule has 0 aromatic heterocycles. The van der Waals surface area contributed by atoms with Crippen LogP contribution in [0.15, 0.2) is 24.3 Å². The van der Waals surface area contributed by atoms with E-state index in [1.165, 1.54) is 25.3 Å². The van der Waals surface area contributed by atoms with E-state index in [1.807, 2.05) is 0 Å². The van der Waals surface area contributed by atoms with Crippen LogP contribution in [0.4, 0.5) is 18.9 Å². The van der Waals surface area contributed by atoms with Gasteiger partial charge in [-0.1, -0.05) is 12.1 Å². The van der Waals surface area contributed by atoms with Crippen molar-refractivity contribution in [1.29, 1.82) is 0 Å². The molecule has 0 fully saturated rings. The Labute approximate surface area is 102 Å². The molecule has 0 heterocycles. The standard InChI is InChI=1S/C13H12F3NO/c1-7-8-4-6-11(18-2)12(13(14,15)16)9(8)3-5-10(7)17/h3-6H,17H2,1-2H3. The third kappa shape index (κ3) is 1.85. The Hall–Kier alpha value is -1.91. The number of nitrogens with two attached hydrogens (primary N) is 1. The molecule has 18 heavy (non-hydrogen) atoms. The Bertz CT molecular complexity index is 605. The second kappa shape index (κ2) is 4.08. The minimum Gasteiger partial charge on any atom is -0.496 e. The van der Waals surface area contributed by atoms with E-state index in [0.717, 1.165) is 0 Å². The number of nitrogen functional groups attached to an aromatic ring is 1. The Balaban J connectivity index is 2.91. The van der Waals surface area contributed by atoms with Crippen molar-refractivity contribution in [3.05, 3.63) is 35.4 Å². The van der Waals surface area contributed by atoms with Crippen molar-refractivity contribution in [3.63, 3.8) is 0 Å². The van der Waals surface area contributed by atoms with Crippen LogP contribution in [0, 0.1) is 6.92 Å². The maximum Gasteiger partial charge on any atom is 0.420 e. The van der Waals surface area contributed by atoms with Gasteiger partial charge in [-0.25, -0.2) is 0 Å². The van der Waals surface area contributed by atoms with Gasteiger partial charge in [0.1, 0.15) is 11.3 Å². The normalized spacial score (nSPS) is 11.8. The highest BCUT2D eigenvalue weighted by Crippen LogP contribution is 2.42. The zero-order valence-corrected chi connectivity index (χ0v) is 9.93. The summed E-state index contributed by atoms with van der Waals surface area (Å²) in [5.41, 5.74) is 6.06. The van der Waals surface area contributed by atoms with Gasteiger partial charge in [-0.15, -0.1) is 0 Å². The van der Waals surface area contributed by atoms with Crippen LogP contribution in [0.3, 0.4) is 0 Å². The number of methoxy groups -OCH3 is 1. The van der Waals surface area contributed by atoms with Crippen LogP contribution >= 0.6 is 0 Å². The molecule has 5 heteroatoms. The maximum atomic E-state index is 13.1. The van der Waals surface area contributed by atoms with Crippen LogP contribution in [0.25, 0.3) is 10.8 Å². The van der Waals surface area contributed by atoms with E-state index < -0.39 is 11.7 Å². The van der Waals surface area contributed by atoms with Gasteiger partial charge in [0.25, 0.3) is 0 Å². The minimum atomic E-state index is -4.46. The van der Waals surface area contributed by atoms with Crippen molar-refractivity contribution in [2.45, 2.75) is 13.1 Å². The van der Waals surface area contributed by atoms with Crippen molar-refractivity contribution >= 4 is 16.5 Å². The number of hydrogen-bond acceptors (Lipinski definition) is 2. The van der Waals surface area contributed by atoms with Crippen molar-refractivity contribution in [1.82, 2.24) is 0 Å². The van der Waals surface area contributed by atoms with Gasteiger partial charge in [-0.3, -0.25) is 0 Å². The highest BCUT2D eigenvalue weighted by molar-refractivity contribution is 5.93. The Morgan fingerprint density at radius 3 is 2.22 bits per heavy atom. The fraction of sp³-hybridized carbons (Fsp3) is 0.231. The predicted molar refractivity (Wildman–Crippen MR) is 64.7 cm³/mol. The molecular formula is C13H12F3NO. The lowest BCUT2D eigenvalue weighted by Gasteiger charge is -2.16. The lowest BCUT2D eigenvalue weighted by Crippen LogP contribution is -2.09. The molecule has 2 rings (SSSR count). The van der Waals surface area contributed by atoms with Crippen LogP contribution < -0.4 is 10.5 Å². The second-order valence-corrected chi connectivity index (χ2v) is 4.02. The largest absolute Gasteiger partial charge is 0.496 e. The summed E-state index contributed by atoms with van der Waals surface area (Å²) in [7, 11) is 1.22. The molecule has 2 nitrogen and oxygen atoms in total. The molecule has 2 aromatic rings. The molecule has 0 spiro atoms. The minimum absolute atomic E-state index is 0.105. The number of hydrogen-bond donors (Lipinski definition) is 1. The second-order valence-electron chi connectivity index (χ2n) is 4.02. The summed E-state index contributed by atoms with van der Waals surface area (Å²) in [6.45, 7) is 1.70. The van der Waals surface area contributed by atoms with Crippen LogP contribution in [0.1, 0.15) is 11.1 Å². The zero-order valence-electron chi connectivity index (χ0n) is 9.93. The number of alkyl halides is 3. The summed E-state index contributed by atoms with van der Waals surface area (Å²) in [4.78, 5) is 0. The van der Waals surface area contributed by atoms with E-state index in [0.29, 0.717) is 16.6 Å².